The Morgan fingerprint density at radius 1 is 1.03 bits per heavy atom. The van der Waals surface area contributed by atoms with E-state index in [1.807, 2.05) is 24.3 Å². The highest BCUT2D eigenvalue weighted by Gasteiger charge is 2.24. The maximum absolute atomic E-state index is 12.7. The van der Waals surface area contributed by atoms with Gasteiger partial charge < -0.3 is 14.8 Å². The van der Waals surface area contributed by atoms with E-state index in [1.165, 1.54) is 16.3 Å². The molecule has 1 aliphatic heterocycles. The maximum atomic E-state index is 12.7. The standard InChI is InChI=1S/C25H28N2O3/c1-29-21-11-9-19(10-12-21)17-25(28)26-18-24(27-13-15-30-16-14-27)23-8-4-6-20-5-2-3-7-22(20)23/h2-12,24H,13-18H2,1H3,(H,26,28)/t24-/m1/s1. The van der Waals surface area contributed by atoms with Crippen LogP contribution in [0.3, 0.4) is 0 Å². The number of hydrogen-bond acceptors (Lipinski definition) is 4. The van der Waals surface area contributed by atoms with Crippen molar-refractivity contribution < 1.29 is 14.3 Å². The van der Waals surface area contributed by atoms with Gasteiger partial charge >= 0.3 is 0 Å². The number of amides is 1. The summed E-state index contributed by atoms with van der Waals surface area (Å²) in [5.74, 6) is 0.821. The third kappa shape index (κ3) is 4.81. The van der Waals surface area contributed by atoms with E-state index >= 15 is 0 Å². The fourth-order valence-electron chi connectivity index (χ4n) is 4.07. The highest BCUT2D eigenvalue weighted by molar-refractivity contribution is 5.86. The second-order valence-corrected chi connectivity index (χ2v) is 7.56. The first-order chi connectivity index (χ1) is 14.7. The summed E-state index contributed by atoms with van der Waals surface area (Å²) in [6.07, 6.45) is 0.357. The van der Waals surface area contributed by atoms with Gasteiger partial charge in [0.15, 0.2) is 0 Å². The molecule has 3 aromatic rings. The zero-order valence-corrected chi connectivity index (χ0v) is 17.3. The lowest BCUT2D eigenvalue weighted by atomic mass is 9.97. The van der Waals surface area contributed by atoms with Crippen LogP contribution in [0.2, 0.25) is 0 Å². The number of methoxy groups -OCH3 is 1. The summed E-state index contributed by atoms with van der Waals surface area (Å²) in [5.41, 5.74) is 2.22. The van der Waals surface area contributed by atoms with Gasteiger partial charge in [0.05, 0.1) is 32.8 Å². The summed E-state index contributed by atoms with van der Waals surface area (Å²) in [4.78, 5) is 15.1. The molecule has 0 saturated carbocycles. The van der Waals surface area contributed by atoms with Gasteiger partial charge in [0.1, 0.15) is 5.75 Å². The third-order valence-electron chi connectivity index (χ3n) is 5.69. The summed E-state index contributed by atoms with van der Waals surface area (Å²) in [6, 6.07) is 22.6. The van der Waals surface area contributed by atoms with Crippen LogP contribution in [0.4, 0.5) is 0 Å². The molecule has 1 fully saturated rings. The summed E-state index contributed by atoms with van der Waals surface area (Å²) in [5, 5.41) is 5.62. The van der Waals surface area contributed by atoms with E-state index in [-0.39, 0.29) is 11.9 Å². The van der Waals surface area contributed by atoms with Crippen LogP contribution in [0.15, 0.2) is 66.7 Å². The van der Waals surface area contributed by atoms with Gasteiger partial charge in [-0.15, -0.1) is 0 Å². The number of nitrogens with one attached hydrogen (secondary N) is 1. The van der Waals surface area contributed by atoms with Gasteiger partial charge in [-0.05, 0) is 34.0 Å². The van der Waals surface area contributed by atoms with E-state index < -0.39 is 0 Å². The largest absolute Gasteiger partial charge is 0.497 e. The van der Waals surface area contributed by atoms with E-state index in [0.717, 1.165) is 37.6 Å². The van der Waals surface area contributed by atoms with E-state index in [4.69, 9.17) is 9.47 Å². The van der Waals surface area contributed by atoms with Crippen molar-refractivity contribution in [2.75, 3.05) is 40.0 Å². The Kier molecular flexibility index (Phi) is 6.62. The van der Waals surface area contributed by atoms with Crippen molar-refractivity contribution in [3.8, 4) is 5.75 Å². The van der Waals surface area contributed by atoms with E-state index in [2.05, 4.69) is 52.7 Å². The van der Waals surface area contributed by atoms with E-state index in [9.17, 15) is 4.79 Å². The molecule has 0 spiro atoms. The molecule has 0 aliphatic carbocycles. The lowest BCUT2D eigenvalue weighted by Gasteiger charge is -2.35. The molecule has 1 amide bonds. The average molecular weight is 405 g/mol. The van der Waals surface area contributed by atoms with Gasteiger partial charge in [0.25, 0.3) is 0 Å². The van der Waals surface area contributed by atoms with Crippen LogP contribution in [0.5, 0.6) is 5.75 Å². The molecule has 156 valence electrons. The molecule has 1 aliphatic rings. The van der Waals surface area contributed by atoms with Gasteiger partial charge in [-0.1, -0.05) is 54.6 Å². The topological polar surface area (TPSA) is 50.8 Å². The number of carbonyl (C=O) groups excluding carboxylic acids is 1. The summed E-state index contributed by atoms with van der Waals surface area (Å²) < 4.78 is 10.7. The highest BCUT2D eigenvalue weighted by Crippen LogP contribution is 2.28. The van der Waals surface area contributed by atoms with Gasteiger partial charge in [-0.25, -0.2) is 0 Å². The Hall–Kier alpha value is -2.89. The highest BCUT2D eigenvalue weighted by atomic mass is 16.5. The van der Waals surface area contributed by atoms with Crippen molar-refractivity contribution in [2.24, 2.45) is 0 Å². The molecule has 3 aromatic carbocycles. The molecular formula is C25H28N2O3. The first-order valence-electron chi connectivity index (χ1n) is 10.4. The van der Waals surface area contributed by atoms with Crippen LogP contribution in [-0.4, -0.2) is 50.8 Å². The van der Waals surface area contributed by atoms with Crippen molar-refractivity contribution in [2.45, 2.75) is 12.5 Å². The number of rotatable bonds is 7. The van der Waals surface area contributed by atoms with Crippen LogP contribution >= 0.6 is 0 Å². The van der Waals surface area contributed by atoms with Gasteiger partial charge in [0.2, 0.25) is 5.91 Å². The minimum atomic E-state index is 0.0265. The summed E-state index contributed by atoms with van der Waals surface area (Å²) in [6.45, 7) is 3.75. The lowest BCUT2D eigenvalue weighted by Crippen LogP contribution is -2.44. The third-order valence-corrected chi connectivity index (χ3v) is 5.69. The van der Waals surface area contributed by atoms with E-state index in [0.29, 0.717) is 13.0 Å². The van der Waals surface area contributed by atoms with Crippen LogP contribution in [0, 0.1) is 0 Å². The zero-order valence-electron chi connectivity index (χ0n) is 17.3. The normalized spacial score (nSPS) is 15.6. The zero-order chi connectivity index (χ0) is 20.8. The number of carbonyl (C=O) groups is 1. The van der Waals surface area contributed by atoms with Crippen molar-refractivity contribution in [3.63, 3.8) is 0 Å². The Bertz CT molecular complexity index is 976. The molecule has 0 aromatic heterocycles. The molecule has 0 radical (unpaired) electrons. The number of fused-ring (bicyclic) bond motifs is 1. The Morgan fingerprint density at radius 3 is 2.53 bits per heavy atom. The SMILES string of the molecule is COc1ccc(CC(=O)NC[C@H](c2cccc3ccccc23)N2CCOCC2)cc1. The van der Waals surface area contributed by atoms with Crippen LogP contribution in [0.1, 0.15) is 17.2 Å². The lowest BCUT2D eigenvalue weighted by molar-refractivity contribution is -0.120. The van der Waals surface area contributed by atoms with Crippen LogP contribution < -0.4 is 10.1 Å². The minimum absolute atomic E-state index is 0.0265. The second kappa shape index (κ2) is 9.74. The van der Waals surface area contributed by atoms with Gasteiger partial charge in [-0.2, -0.15) is 0 Å². The average Bonchev–Trinajstić information content (AvgIpc) is 2.80. The number of benzene rings is 3. The number of ether oxygens (including phenoxy) is 2. The minimum Gasteiger partial charge on any atom is -0.497 e. The predicted octanol–water partition coefficient (Wildman–Crippen LogP) is 3.58. The second-order valence-electron chi connectivity index (χ2n) is 7.56. The predicted molar refractivity (Wildman–Crippen MR) is 119 cm³/mol. The van der Waals surface area contributed by atoms with Crippen molar-refractivity contribution in [1.29, 1.82) is 0 Å². The molecule has 1 N–H and O–H groups in total. The molecule has 0 bridgehead atoms. The maximum Gasteiger partial charge on any atom is 0.224 e. The molecule has 0 unspecified atom stereocenters. The van der Waals surface area contributed by atoms with Gasteiger partial charge in [0, 0.05) is 19.6 Å². The Labute approximate surface area is 177 Å². The molecule has 5 heteroatoms. The van der Waals surface area contributed by atoms with Crippen LogP contribution in [0.25, 0.3) is 10.8 Å². The van der Waals surface area contributed by atoms with Crippen molar-refractivity contribution >= 4 is 16.7 Å². The fourth-order valence-corrected chi connectivity index (χ4v) is 4.07. The Balaban J connectivity index is 1.50. The number of hydrogen-bond donors (Lipinski definition) is 1. The molecule has 1 atom stereocenters. The van der Waals surface area contributed by atoms with Crippen molar-refractivity contribution in [3.05, 3.63) is 77.9 Å². The molecule has 4 rings (SSSR count). The smallest absolute Gasteiger partial charge is 0.224 e. The Morgan fingerprint density at radius 2 is 1.77 bits per heavy atom. The summed E-state index contributed by atoms with van der Waals surface area (Å²) >= 11 is 0. The fraction of sp³-hybridized carbons (Fsp3) is 0.320. The van der Waals surface area contributed by atoms with Gasteiger partial charge in [-0.3, -0.25) is 9.69 Å². The summed E-state index contributed by atoms with van der Waals surface area (Å²) in [7, 11) is 1.64. The quantitative estimate of drug-likeness (QED) is 0.654. The molecule has 30 heavy (non-hydrogen) atoms. The molecular weight excluding hydrogens is 376 g/mol. The number of morpholine rings is 1. The van der Waals surface area contributed by atoms with Crippen LogP contribution in [-0.2, 0) is 16.0 Å². The number of nitrogens with zero attached hydrogens (tertiary/aromatic N) is 1. The van der Waals surface area contributed by atoms with Crippen molar-refractivity contribution in [1.82, 2.24) is 10.2 Å². The monoisotopic (exact) mass is 404 g/mol. The first kappa shape index (κ1) is 20.4. The van der Waals surface area contributed by atoms with E-state index in [1.54, 1.807) is 7.11 Å². The molecule has 5 nitrogen and oxygen atoms in total. The molecule has 1 heterocycles. The molecule has 1 saturated heterocycles. The first-order valence-corrected chi connectivity index (χ1v) is 10.4.